The minimum atomic E-state index is 0.0128. The molecule has 0 unspecified atom stereocenters. The molecule has 18 heavy (non-hydrogen) atoms. The van der Waals surface area contributed by atoms with Crippen molar-refractivity contribution in [3.05, 3.63) is 37.0 Å². The van der Waals surface area contributed by atoms with Gasteiger partial charge in [0.15, 0.2) is 0 Å². The molecule has 3 heteroatoms. The van der Waals surface area contributed by atoms with Crippen molar-refractivity contribution in [3.8, 4) is 0 Å². The maximum Gasteiger partial charge on any atom is 0.230 e. The van der Waals surface area contributed by atoms with E-state index < -0.39 is 0 Å². The van der Waals surface area contributed by atoms with Gasteiger partial charge in [-0.15, -0.1) is 13.2 Å². The topological polar surface area (TPSA) is 29.1 Å². The lowest BCUT2D eigenvalue weighted by Crippen LogP contribution is -2.25. The highest BCUT2D eigenvalue weighted by Gasteiger charge is 1.96. The van der Waals surface area contributed by atoms with Gasteiger partial charge in [-0.2, -0.15) is 0 Å². The van der Waals surface area contributed by atoms with Gasteiger partial charge in [0.25, 0.3) is 0 Å². The minimum Gasteiger partial charge on any atom is -0.351 e. The number of allylic oxidation sites excluding steroid dienone is 2. The molecule has 0 aromatic carbocycles. The first-order valence-electron chi connectivity index (χ1n) is 6.35. The molecule has 0 aliphatic rings. The van der Waals surface area contributed by atoms with Crippen LogP contribution in [0, 0.1) is 0 Å². The van der Waals surface area contributed by atoms with Crippen molar-refractivity contribution >= 4 is 21.8 Å². The van der Waals surface area contributed by atoms with Crippen LogP contribution in [0.5, 0.6) is 0 Å². The number of alkyl halides is 1. The fourth-order valence-electron chi connectivity index (χ4n) is 0.719. The van der Waals surface area contributed by atoms with Crippen LogP contribution in [-0.4, -0.2) is 17.8 Å². The van der Waals surface area contributed by atoms with Crippen molar-refractivity contribution in [2.45, 2.75) is 41.5 Å². The van der Waals surface area contributed by atoms with E-state index in [1.54, 1.807) is 0 Å². The van der Waals surface area contributed by atoms with Crippen LogP contribution in [0.3, 0.4) is 0 Å². The van der Waals surface area contributed by atoms with E-state index in [0.29, 0.717) is 11.9 Å². The Kier molecular flexibility index (Phi) is 42.9. The number of amides is 1. The Balaban J connectivity index is -0.000000141. The van der Waals surface area contributed by atoms with E-state index in [9.17, 15) is 4.79 Å². The fraction of sp³-hybridized carbons (Fsp3) is 0.533. The first kappa shape index (κ1) is 25.9. The second-order valence-corrected chi connectivity index (χ2v) is 2.83. The summed E-state index contributed by atoms with van der Waals surface area (Å²) >= 11 is 3.08. The van der Waals surface area contributed by atoms with Gasteiger partial charge in [0, 0.05) is 6.54 Å². The molecule has 0 aliphatic carbocycles. The van der Waals surface area contributed by atoms with Crippen molar-refractivity contribution in [2.75, 3.05) is 11.9 Å². The molecule has 0 bridgehead atoms. The number of carbonyl (C=O) groups excluding carboxylic acids is 1. The van der Waals surface area contributed by atoms with Crippen LogP contribution in [0.25, 0.3) is 0 Å². The molecule has 0 fully saturated rings. The normalized spacial score (nSPS) is 8.94. The molecular formula is C15H30BrNO. The zero-order valence-electron chi connectivity index (χ0n) is 12.8. The molecule has 0 atom stereocenters. The molecule has 108 valence electrons. The van der Waals surface area contributed by atoms with E-state index in [4.69, 9.17) is 0 Å². The maximum absolute atomic E-state index is 10.8. The zero-order chi connectivity index (χ0) is 15.4. The Morgan fingerprint density at radius 2 is 1.61 bits per heavy atom. The summed E-state index contributed by atoms with van der Waals surface area (Å²) in [5, 5.41) is 3.12. The summed E-state index contributed by atoms with van der Waals surface area (Å²) in [5.41, 5.74) is 1.12. The first-order chi connectivity index (χ1) is 8.74. The Labute approximate surface area is 122 Å². The lowest BCUT2D eigenvalue weighted by atomic mass is 10.2. The third-order valence-electron chi connectivity index (χ3n) is 1.36. The molecule has 1 amide bonds. The van der Waals surface area contributed by atoms with Gasteiger partial charge in [-0.3, -0.25) is 4.79 Å². The molecule has 2 nitrogen and oxygen atoms in total. The lowest BCUT2D eigenvalue weighted by Gasteiger charge is -2.02. The third kappa shape index (κ3) is 24.4. The monoisotopic (exact) mass is 319 g/mol. The van der Waals surface area contributed by atoms with E-state index >= 15 is 0 Å². The Morgan fingerprint density at radius 1 is 1.17 bits per heavy atom. The smallest absolute Gasteiger partial charge is 0.230 e. The number of nitrogens with one attached hydrogen (secondary N) is 1. The van der Waals surface area contributed by atoms with Crippen molar-refractivity contribution in [1.29, 1.82) is 0 Å². The quantitative estimate of drug-likeness (QED) is 0.447. The van der Waals surface area contributed by atoms with Crippen LogP contribution in [-0.2, 0) is 4.79 Å². The van der Waals surface area contributed by atoms with Gasteiger partial charge >= 0.3 is 0 Å². The first-order valence-corrected chi connectivity index (χ1v) is 7.47. The number of carbonyl (C=O) groups is 1. The molecule has 0 aromatic heterocycles. The number of hydrogen-bond acceptors (Lipinski definition) is 1. The zero-order valence-corrected chi connectivity index (χ0v) is 14.4. The molecule has 0 radical (unpaired) electrons. The third-order valence-corrected chi connectivity index (χ3v) is 1.87. The van der Waals surface area contributed by atoms with Gasteiger partial charge in [-0.25, -0.2) is 0 Å². The molecule has 0 rings (SSSR count). The van der Waals surface area contributed by atoms with Gasteiger partial charge in [0.2, 0.25) is 5.91 Å². The second kappa shape index (κ2) is 29.8. The van der Waals surface area contributed by atoms with E-state index in [1.165, 1.54) is 0 Å². The van der Waals surface area contributed by atoms with Gasteiger partial charge in [0.1, 0.15) is 0 Å². The molecule has 0 heterocycles. The fourth-order valence-corrected chi connectivity index (χ4v) is 0.917. The summed E-state index contributed by atoms with van der Waals surface area (Å²) in [7, 11) is 0. The van der Waals surface area contributed by atoms with Crippen LogP contribution in [0.2, 0.25) is 0 Å². The summed E-state index contributed by atoms with van der Waals surface area (Å²) in [6.07, 6.45) is 5.92. The molecule has 0 aliphatic heterocycles. The van der Waals surface area contributed by atoms with Crippen LogP contribution >= 0.6 is 15.9 Å². The maximum atomic E-state index is 10.8. The Hall–Kier alpha value is -0.830. The average Bonchev–Trinajstić information content (AvgIpc) is 2.49. The van der Waals surface area contributed by atoms with Gasteiger partial charge in [0.05, 0.1) is 5.33 Å². The van der Waals surface area contributed by atoms with E-state index in [1.807, 2.05) is 59.8 Å². The standard InChI is InChI=1S/C9H14BrNO.2C2H6.C2H4/c1-3-5-8(4-2)7-11-9(12)6-10;3*1-2/h3-5H,6-7H2,1-2H3,(H,11,12);2*1-2H3;1-2H2/b5-3-,8-4+;;;. The van der Waals surface area contributed by atoms with Crippen LogP contribution in [0.15, 0.2) is 37.0 Å². The van der Waals surface area contributed by atoms with Crippen molar-refractivity contribution in [2.24, 2.45) is 0 Å². The molecule has 0 saturated carbocycles. The summed E-state index contributed by atoms with van der Waals surface area (Å²) in [6, 6.07) is 0. The molecular weight excluding hydrogens is 290 g/mol. The Morgan fingerprint density at radius 3 is 1.89 bits per heavy atom. The van der Waals surface area contributed by atoms with Crippen LogP contribution in [0.4, 0.5) is 0 Å². The molecule has 0 saturated heterocycles. The van der Waals surface area contributed by atoms with Crippen molar-refractivity contribution < 1.29 is 4.79 Å². The van der Waals surface area contributed by atoms with E-state index in [2.05, 4.69) is 34.4 Å². The minimum absolute atomic E-state index is 0.0128. The predicted octanol–water partition coefficient (Wildman–Crippen LogP) is 4.87. The van der Waals surface area contributed by atoms with E-state index in [0.717, 1.165) is 5.57 Å². The van der Waals surface area contributed by atoms with Crippen LogP contribution in [0.1, 0.15) is 41.5 Å². The number of hydrogen-bond donors (Lipinski definition) is 1. The summed E-state index contributed by atoms with van der Waals surface area (Å²) in [6.45, 7) is 18.5. The van der Waals surface area contributed by atoms with Gasteiger partial charge < -0.3 is 5.32 Å². The van der Waals surface area contributed by atoms with Gasteiger partial charge in [-0.1, -0.05) is 61.9 Å². The predicted molar refractivity (Wildman–Crippen MR) is 89.3 cm³/mol. The SMILES string of the molecule is C/C=C\C(=C/C)CNC(=O)CBr.C=C.CC.CC. The highest BCUT2D eigenvalue weighted by molar-refractivity contribution is 9.09. The van der Waals surface area contributed by atoms with Crippen molar-refractivity contribution in [3.63, 3.8) is 0 Å². The summed E-state index contributed by atoms with van der Waals surface area (Å²) in [4.78, 5) is 10.8. The largest absolute Gasteiger partial charge is 0.351 e. The van der Waals surface area contributed by atoms with E-state index in [-0.39, 0.29) is 5.91 Å². The molecule has 0 spiro atoms. The molecule has 1 N–H and O–H groups in total. The van der Waals surface area contributed by atoms with Crippen molar-refractivity contribution in [1.82, 2.24) is 5.32 Å². The summed E-state index contributed by atoms with van der Waals surface area (Å²) in [5.74, 6) is 0.0128. The lowest BCUT2D eigenvalue weighted by molar-refractivity contribution is -0.118. The highest BCUT2D eigenvalue weighted by atomic mass is 79.9. The molecule has 0 aromatic rings. The number of rotatable bonds is 4. The second-order valence-electron chi connectivity index (χ2n) is 2.27. The van der Waals surface area contributed by atoms with Crippen LogP contribution < -0.4 is 5.32 Å². The van der Waals surface area contributed by atoms with Gasteiger partial charge in [-0.05, 0) is 19.4 Å². The highest BCUT2D eigenvalue weighted by Crippen LogP contribution is 1.94. The number of halogens is 1. The summed E-state index contributed by atoms with van der Waals surface area (Å²) < 4.78 is 0. The average molecular weight is 320 g/mol. The Bertz CT molecular complexity index is 211.